The second-order valence-electron chi connectivity index (χ2n) is 4.88. The van der Waals surface area contributed by atoms with E-state index in [-0.39, 0.29) is 24.4 Å². The van der Waals surface area contributed by atoms with E-state index in [1.54, 1.807) is 0 Å². The zero-order chi connectivity index (χ0) is 15.0. The third-order valence-electron chi connectivity index (χ3n) is 3.13. The molecular formula is C14H26O5. The summed E-state index contributed by atoms with van der Waals surface area (Å²) in [4.78, 5) is 22.4. The summed E-state index contributed by atoms with van der Waals surface area (Å²) in [5, 5.41) is 9.04. The molecule has 19 heavy (non-hydrogen) atoms. The number of hydrogen-bond donors (Lipinski definition) is 1. The van der Waals surface area contributed by atoms with E-state index in [1.807, 2.05) is 27.7 Å². The Labute approximate surface area is 115 Å². The Morgan fingerprint density at radius 1 is 1.05 bits per heavy atom. The molecule has 0 saturated heterocycles. The second kappa shape index (κ2) is 9.04. The Kier molecular flexibility index (Phi) is 8.59. The van der Waals surface area contributed by atoms with Gasteiger partial charge in [0.15, 0.2) is 6.29 Å². The van der Waals surface area contributed by atoms with Crippen LogP contribution >= 0.6 is 0 Å². The van der Waals surface area contributed by atoms with E-state index in [4.69, 9.17) is 14.6 Å². The van der Waals surface area contributed by atoms with Crippen LogP contribution in [0.5, 0.6) is 0 Å². The molecule has 0 bridgehead atoms. The van der Waals surface area contributed by atoms with E-state index in [9.17, 15) is 9.59 Å². The van der Waals surface area contributed by atoms with Crippen molar-refractivity contribution in [2.24, 2.45) is 5.92 Å². The van der Waals surface area contributed by atoms with Gasteiger partial charge in [-0.25, -0.2) is 0 Å². The van der Waals surface area contributed by atoms with Crippen molar-refractivity contribution in [1.29, 1.82) is 0 Å². The lowest BCUT2D eigenvalue weighted by Crippen LogP contribution is -2.33. The van der Waals surface area contributed by atoms with Crippen molar-refractivity contribution in [1.82, 2.24) is 0 Å². The Balaban J connectivity index is 4.71. The van der Waals surface area contributed by atoms with Crippen molar-refractivity contribution in [2.45, 2.75) is 72.4 Å². The smallest absolute Gasteiger partial charge is 0.314 e. The molecule has 1 N–H and O–H groups in total. The van der Waals surface area contributed by atoms with Crippen LogP contribution in [0.2, 0.25) is 0 Å². The topological polar surface area (TPSA) is 72.8 Å². The monoisotopic (exact) mass is 274 g/mol. The van der Waals surface area contributed by atoms with Gasteiger partial charge in [0.05, 0.1) is 12.2 Å². The highest BCUT2D eigenvalue weighted by Gasteiger charge is 2.29. The molecule has 0 aliphatic carbocycles. The van der Waals surface area contributed by atoms with Crippen LogP contribution in [0.4, 0.5) is 0 Å². The third-order valence-corrected chi connectivity index (χ3v) is 3.13. The highest BCUT2D eigenvalue weighted by molar-refractivity contribution is 5.96. The zero-order valence-corrected chi connectivity index (χ0v) is 12.5. The van der Waals surface area contributed by atoms with Gasteiger partial charge in [0, 0.05) is 6.42 Å². The van der Waals surface area contributed by atoms with Crippen molar-refractivity contribution >= 4 is 11.8 Å². The highest BCUT2D eigenvalue weighted by atomic mass is 16.7. The molecule has 112 valence electrons. The van der Waals surface area contributed by atoms with E-state index >= 15 is 0 Å². The molecule has 5 nitrogen and oxygen atoms in total. The summed E-state index contributed by atoms with van der Waals surface area (Å²) >= 11 is 0. The van der Waals surface area contributed by atoms with E-state index in [1.165, 1.54) is 6.92 Å². The van der Waals surface area contributed by atoms with Crippen LogP contribution in [0.25, 0.3) is 0 Å². The number of ketones is 1. The number of Topliss-reactive ketones (excluding diaryl/α,β-unsaturated/α-hetero) is 1. The van der Waals surface area contributed by atoms with Crippen molar-refractivity contribution in [2.75, 3.05) is 0 Å². The van der Waals surface area contributed by atoms with Gasteiger partial charge in [-0.05, 0) is 33.6 Å². The van der Waals surface area contributed by atoms with Crippen LogP contribution in [0.3, 0.4) is 0 Å². The first-order chi connectivity index (χ1) is 8.81. The Hall–Kier alpha value is -0.940. The summed E-state index contributed by atoms with van der Waals surface area (Å²) in [6.45, 7) is 9.03. The molecule has 0 aromatic heterocycles. The predicted molar refractivity (Wildman–Crippen MR) is 71.9 cm³/mol. The molecule has 0 aromatic carbocycles. The molecule has 0 fully saturated rings. The van der Waals surface area contributed by atoms with Crippen LogP contribution in [-0.4, -0.2) is 35.4 Å². The summed E-state index contributed by atoms with van der Waals surface area (Å²) in [5.41, 5.74) is 0. The molecule has 0 aliphatic rings. The molecule has 5 heteroatoms. The molecule has 0 aromatic rings. The van der Waals surface area contributed by atoms with Crippen molar-refractivity contribution in [3.05, 3.63) is 0 Å². The minimum atomic E-state index is -1.13. The summed E-state index contributed by atoms with van der Waals surface area (Å²) in [6.07, 6.45) is 0.941. The molecule has 0 saturated carbocycles. The first-order valence-corrected chi connectivity index (χ1v) is 6.85. The average Bonchev–Trinajstić information content (AvgIpc) is 2.34. The molecule has 0 radical (unpaired) electrons. The average molecular weight is 274 g/mol. The van der Waals surface area contributed by atoms with Crippen LogP contribution in [0.1, 0.15) is 53.9 Å². The van der Waals surface area contributed by atoms with Gasteiger partial charge in [-0.1, -0.05) is 13.8 Å². The summed E-state index contributed by atoms with van der Waals surface area (Å²) in [5.74, 6) is -2.57. The van der Waals surface area contributed by atoms with Gasteiger partial charge in [-0.2, -0.15) is 0 Å². The van der Waals surface area contributed by atoms with E-state index in [2.05, 4.69) is 0 Å². The zero-order valence-electron chi connectivity index (χ0n) is 12.5. The van der Waals surface area contributed by atoms with Gasteiger partial charge in [0.2, 0.25) is 0 Å². The number of ether oxygens (including phenoxy) is 2. The number of carboxylic acids is 1. The molecule has 0 spiro atoms. The first kappa shape index (κ1) is 18.1. The lowest BCUT2D eigenvalue weighted by atomic mass is 10.0. The number of aliphatic carboxylic acids is 1. The Morgan fingerprint density at radius 2 is 1.47 bits per heavy atom. The van der Waals surface area contributed by atoms with Gasteiger partial charge in [-0.3, -0.25) is 9.59 Å². The summed E-state index contributed by atoms with van der Waals surface area (Å²) in [6, 6.07) is 0. The first-order valence-electron chi connectivity index (χ1n) is 6.85. The number of hydrogen-bond acceptors (Lipinski definition) is 4. The Morgan fingerprint density at radius 3 is 1.74 bits per heavy atom. The maximum absolute atomic E-state index is 11.3. The SMILES string of the molecule is CCC(C)OC(CC(C(C)=O)C(=O)O)OC(C)CC. The van der Waals surface area contributed by atoms with E-state index in [0.717, 1.165) is 12.8 Å². The van der Waals surface area contributed by atoms with E-state index < -0.39 is 18.2 Å². The molecule has 3 unspecified atom stereocenters. The number of carbonyl (C=O) groups is 2. The lowest BCUT2D eigenvalue weighted by Gasteiger charge is -2.26. The highest BCUT2D eigenvalue weighted by Crippen LogP contribution is 2.17. The maximum atomic E-state index is 11.3. The van der Waals surface area contributed by atoms with Gasteiger partial charge in [0.1, 0.15) is 11.7 Å². The fourth-order valence-electron chi connectivity index (χ4n) is 1.49. The van der Waals surface area contributed by atoms with Gasteiger partial charge in [0.25, 0.3) is 0 Å². The minimum Gasteiger partial charge on any atom is -0.481 e. The van der Waals surface area contributed by atoms with Crippen LogP contribution in [-0.2, 0) is 19.1 Å². The molecule has 3 atom stereocenters. The van der Waals surface area contributed by atoms with Crippen LogP contribution in [0, 0.1) is 5.92 Å². The predicted octanol–water partition coefficient (Wildman–Crippen LogP) is 2.62. The molecule has 0 rings (SSSR count). The number of rotatable bonds is 10. The number of carbonyl (C=O) groups excluding carboxylic acids is 1. The molecular weight excluding hydrogens is 248 g/mol. The second-order valence-corrected chi connectivity index (χ2v) is 4.88. The summed E-state index contributed by atoms with van der Waals surface area (Å²) in [7, 11) is 0. The number of carboxylic acid groups (broad SMARTS) is 1. The van der Waals surface area contributed by atoms with Gasteiger partial charge in [-0.15, -0.1) is 0 Å². The Bertz CT molecular complexity index is 264. The molecule has 0 aliphatic heterocycles. The normalized spacial score (nSPS) is 17.5. The lowest BCUT2D eigenvalue weighted by molar-refractivity contribution is -0.199. The van der Waals surface area contributed by atoms with Crippen molar-refractivity contribution < 1.29 is 24.2 Å². The maximum Gasteiger partial charge on any atom is 0.314 e. The van der Waals surface area contributed by atoms with E-state index in [0.29, 0.717) is 0 Å². The largest absolute Gasteiger partial charge is 0.481 e. The molecule has 0 amide bonds. The fraction of sp³-hybridized carbons (Fsp3) is 0.857. The molecule has 0 heterocycles. The quantitative estimate of drug-likeness (QED) is 0.489. The van der Waals surface area contributed by atoms with Crippen molar-refractivity contribution in [3.8, 4) is 0 Å². The third kappa shape index (κ3) is 7.28. The summed E-state index contributed by atoms with van der Waals surface area (Å²) < 4.78 is 11.3. The minimum absolute atomic E-state index is 0.0320. The fourth-order valence-corrected chi connectivity index (χ4v) is 1.49. The van der Waals surface area contributed by atoms with Gasteiger partial charge >= 0.3 is 5.97 Å². The van der Waals surface area contributed by atoms with Crippen LogP contribution < -0.4 is 0 Å². The van der Waals surface area contributed by atoms with Gasteiger partial charge < -0.3 is 14.6 Å². The van der Waals surface area contributed by atoms with Crippen LogP contribution in [0.15, 0.2) is 0 Å². The van der Waals surface area contributed by atoms with Crippen molar-refractivity contribution in [3.63, 3.8) is 0 Å². The standard InChI is InChI=1S/C14H26O5/c1-6-9(3)18-13(19-10(4)7-2)8-12(11(5)15)14(16)17/h9-10,12-13H,6-8H2,1-5H3,(H,16,17).